The number of halogens is 6. The number of carbonyl (C=O) groups is 1. The van der Waals surface area contributed by atoms with Gasteiger partial charge in [0.25, 0.3) is 5.91 Å². The van der Waals surface area contributed by atoms with Crippen molar-refractivity contribution >= 4 is 11.6 Å². The van der Waals surface area contributed by atoms with Crippen LogP contribution in [0.5, 0.6) is 5.75 Å². The second-order valence-corrected chi connectivity index (χ2v) is 7.71. The predicted octanol–water partition coefficient (Wildman–Crippen LogP) is 4.18. The van der Waals surface area contributed by atoms with E-state index < -0.39 is 31.0 Å². The number of amides is 1. The number of alkyl halides is 6. The highest BCUT2D eigenvalue weighted by Crippen LogP contribution is 2.29. The van der Waals surface area contributed by atoms with E-state index in [1.807, 2.05) is 0 Å². The highest BCUT2D eigenvalue weighted by molar-refractivity contribution is 6.00. The number of nitrogens with two attached hydrogens (primary N) is 2. The van der Waals surface area contributed by atoms with Crippen LogP contribution in [0.3, 0.4) is 0 Å². The number of likely N-dealkylation sites (tertiary alicyclic amines) is 1. The van der Waals surface area contributed by atoms with Gasteiger partial charge in [-0.05, 0) is 48.2 Å². The Kier molecular flexibility index (Phi) is 7.08. The third kappa shape index (κ3) is 6.75. The van der Waals surface area contributed by atoms with Crippen molar-refractivity contribution in [3.8, 4) is 16.9 Å². The van der Waals surface area contributed by atoms with Gasteiger partial charge in [-0.3, -0.25) is 14.7 Å². The van der Waals surface area contributed by atoms with Crippen molar-refractivity contribution in [3.05, 3.63) is 48.0 Å². The summed E-state index contributed by atoms with van der Waals surface area (Å²) in [5, 5.41) is 0.987. The number of ether oxygens (including phenoxy) is 1. The van der Waals surface area contributed by atoms with Gasteiger partial charge >= 0.3 is 12.5 Å². The Morgan fingerprint density at radius 3 is 2.12 bits per heavy atom. The first-order chi connectivity index (χ1) is 15.3. The summed E-state index contributed by atoms with van der Waals surface area (Å²) < 4.78 is 78.5. The van der Waals surface area contributed by atoms with Crippen molar-refractivity contribution in [2.24, 2.45) is 5.84 Å². The lowest BCUT2D eigenvalue weighted by atomic mass is 9.99. The number of hydrogen-bond acceptors (Lipinski definition) is 5. The maximum atomic E-state index is 13.0. The number of hydrazine groups is 1. The molecule has 180 valence electrons. The molecule has 2 aromatic rings. The van der Waals surface area contributed by atoms with Gasteiger partial charge in [-0.15, -0.1) is 13.2 Å². The fourth-order valence-electron chi connectivity index (χ4n) is 3.68. The lowest BCUT2D eigenvalue weighted by molar-refractivity contribution is -0.274. The average molecular weight is 476 g/mol. The standard InChI is InChI=1S/C21H22F6N4O2/c22-20(23,24)12-30-9-7-15(8-10-30)31(29)19(32)17-11-14(3-6-18(17)28)13-1-4-16(5-2-13)33-21(25,26)27/h1-6,11,15H,7-10,12,28-29H2. The molecule has 1 fully saturated rings. The molecular weight excluding hydrogens is 454 g/mol. The Morgan fingerprint density at radius 1 is 1.00 bits per heavy atom. The summed E-state index contributed by atoms with van der Waals surface area (Å²) in [6.07, 6.45) is -8.55. The van der Waals surface area contributed by atoms with Crippen LogP contribution in [0, 0.1) is 0 Å². The quantitative estimate of drug-likeness (QED) is 0.222. The number of benzene rings is 2. The van der Waals surface area contributed by atoms with E-state index in [1.165, 1.54) is 29.2 Å². The second kappa shape index (κ2) is 9.48. The number of nitrogen functional groups attached to an aromatic ring is 1. The predicted molar refractivity (Wildman–Crippen MR) is 109 cm³/mol. The van der Waals surface area contributed by atoms with Gasteiger partial charge in [-0.25, -0.2) is 5.84 Å². The van der Waals surface area contributed by atoms with Crippen LogP contribution >= 0.6 is 0 Å². The Balaban J connectivity index is 1.71. The molecule has 1 saturated heterocycles. The molecule has 0 aromatic heterocycles. The van der Waals surface area contributed by atoms with Crippen LogP contribution in [-0.4, -0.2) is 54.0 Å². The van der Waals surface area contributed by atoms with E-state index >= 15 is 0 Å². The molecule has 1 aliphatic rings. The Morgan fingerprint density at radius 2 is 1.58 bits per heavy atom. The summed E-state index contributed by atoms with van der Waals surface area (Å²) in [5.41, 5.74) is 7.20. The molecule has 6 nitrogen and oxygen atoms in total. The molecule has 0 atom stereocenters. The van der Waals surface area contributed by atoms with E-state index in [9.17, 15) is 31.1 Å². The molecule has 2 aromatic carbocycles. The molecule has 0 radical (unpaired) electrons. The summed E-state index contributed by atoms with van der Waals surface area (Å²) in [6, 6.07) is 9.17. The molecule has 4 N–H and O–H groups in total. The van der Waals surface area contributed by atoms with Crippen LogP contribution < -0.4 is 16.3 Å². The number of rotatable bonds is 5. The van der Waals surface area contributed by atoms with Gasteiger partial charge < -0.3 is 10.5 Å². The third-order valence-electron chi connectivity index (χ3n) is 5.29. The molecule has 1 heterocycles. The molecule has 33 heavy (non-hydrogen) atoms. The molecule has 0 saturated carbocycles. The summed E-state index contributed by atoms with van der Waals surface area (Å²) in [6.45, 7) is -0.722. The van der Waals surface area contributed by atoms with E-state index in [0.717, 1.165) is 17.1 Å². The monoisotopic (exact) mass is 476 g/mol. The maximum absolute atomic E-state index is 13.0. The van der Waals surface area contributed by atoms with E-state index in [-0.39, 0.29) is 42.9 Å². The van der Waals surface area contributed by atoms with Gasteiger partial charge in [-0.1, -0.05) is 18.2 Å². The van der Waals surface area contributed by atoms with Crippen LogP contribution in [0.1, 0.15) is 23.2 Å². The Labute approximate surface area is 185 Å². The van der Waals surface area contributed by atoms with Gasteiger partial charge in [0.1, 0.15) is 5.75 Å². The number of carbonyl (C=O) groups excluding carboxylic acids is 1. The van der Waals surface area contributed by atoms with E-state index in [1.54, 1.807) is 6.07 Å². The lowest BCUT2D eigenvalue weighted by Gasteiger charge is -2.36. The first-order valence-electron chi connectivity index (χ1n) is 9.95. The molecule has 0 aliphatic carbocycles. The van der Waals surface area contributed by atoms with Gasteiger partial charge in [0.2, 0.25) is 0 Å². The van der Waals surface area contributed by atoms with E-state index in [4.69, 9.17) is 11.6 Å². The van der Waals surface area contributed by atoms with Crippen molar-refractivity contribution in [2.45, 2.75) is 31.4 Å². The highest BCUT2D eigenvalue weighted by Gasteiger charge is 2.34. The molecule has 3 rings (SSSR count). The van der Waals surface area contributed by atoms with Gasteiger partial charge in [0.05, 0.1) is 18.2 Å². The number of nitrogens with zero attached hydrogens (tertiary/aromatic N) is 2. The molecule has 1 amide bonds. The third-order valence-corrected chi connectivity index (χ3v) is 5.29. The van der Waals surface area contributed by atoms with Crippen LogP contribution in [0.15, 0.2) is 42.5 Å². The van der Waals surface area contributed by atoms with Gasteiger partial charge in [0, 0.05) is 18.8 Å². The Hall–Kier alpha value is -2.99. The summed E-state index contributed by atoms with van der Waals surface area (Å²) in [5.74, 6) is 5.01. The van der Waals surface area contributed by atoms with Crippen molar-refractivity contribution < 1.29 is 35.9 Å². The molecule has 0 bridgehead atoms. The normalized spacial score (nSPS) is 16.0. The van der Waals surface area contributed by atoms with Crippen molar-refractivity contribution in [3.63, 3.8) is 0 Å². The van der Waals surface area contributed by atoms with Crippen molar-refractivity contribution in [1.29, 1.82) is 0 Å². The largest absolute Gasteiger partial charge is 0.573 e. The second-order valence-electron chi connectivity index (χ2n) is 7.71. The van der Waals surface area contributed by atoms with E-state index in [2.05, 4.69) is 4.74 Å². The van der Waals surface area contributed by atoms with Crippen LogP contribution in [0.25, 0.3) is 11.1 Å². The number of hydrogen-bond donors (Lipinski definition) is 2. The minimum Gasteiger partial charge on any atom is -0.406 e. The smallest absolute Gasteiger partial charge is 0.406 e. The van der Waals surface area contributed by atoms with Crippen LogP contribution in [0.4, 0.5) is 32.0 Å². The minimum atomic E-state index is -4.81. The summed E-state index contributed by atoms with van der Waals surface area (Å²) >= 11 is 0. The van der Waals surface area contributed by atoms with Crippen molar-refractivity contribution in [1.82, 2.24) is 9.91 Å². The van der Waals surface area contributed by atoms with Gasteiger partial charge in [0.15, 0.2) is 0 Å². The van der Waals surface area contributed by atoms with Crippen molar-refractivity contribution in [2.75, 3.05) is 25.4 Å². The van der Waals surface area contributed by atoms with Crippen LogP contribution in [0.2, 0.25) is 0 Å². The SMILES string of the molecule is Nc1ccc(-c2ccc(OC(F)(F)F)cc2)cc1C(=O)N(N)C1CCN(CC(F)(F)F)CC1. The number of piperidine rings is 1. The summed E-state index contributed by atoms with van der Waals surface area (Å²) in [4.78, 5) is 14.2. The zero-order valence-electron chi connectivity index (χ0n) is 17.3. The van der Waals surface area contributed by atoms with Gasteiger partial charge in [-0.2, -0.15) is 13.2 Å². The lowest BCUT2D eigenvalue weighted by Crippen LogP contribution is -2.52. The first kappa shape index (κ1) is 24.6. The average Bonchev–Trinajstić information content (AvgIpc) is 2.72. The zero-order chi connectivity index (χ0) is 24.4. The van der Waals surface area contributed by atoms with E-state index in [0.29, 0.717) is 11.1 Å². The maximum Gasteiger partial charge on any atom is 0.573 e. The first-order valence-corrected chi connectivity index (χ1v) is 9.95. The van der Waals surface area contributed by atoms with Crippen LogP contribution in [-0.2, 0) is 0 Å². The molecular formula is C21H22F6N4O2. The fourth-order valence-corrected chi connectivity index (χ4v) is 3.68. The zero-order valence-corrected chi connectivity index (χ0v) is 17.3. The Bertz CT molecular complexity index is 970. The number of anilines is 1. The molecule has 0 spiro atoms. The molecule has 1 aliphatic heterocycles. The molecule has 0 unspecified atom stereocenters. The summed E-state index contributed by atoms with van der Waals surface area (Å²) in [7, 11) is 0. The fraction of sp³-hybridized carbons (Fsp3) is 0.381. The minimum absolute atomic E-state index is 0.0864. The molecule has 12 heteroatoms. The highest BCUT2D eigenvalue weighted by atomic mass is 19.4. The topological polar surface area (TPSA) is 84.8 Å².